The second-order valence-corrected chi connectivity index (χ2v) is 4.42. The van der Waals surface area contributed by atoms with Gasteiger partial charge < -0.3 is 10.1 Å². The molecule has 0 aliphatic heterocycles. The molecule has 86 valence electrons. The summed E-state index contributed by atoms with van der Waals surface area (Å²) in [5, 5.41) is 2.72. The Labute approximate surface area is 90.4 Å². The molecule has 0 aromatic rings. The molecular weight excluding hydrogens is 194 g/mol. The lowest BCUT2D eigenvalue weighted by molar-refractivity contribution is -0.145. The molecule has 1 aliphatic carbocycles. The highest BCUT2D eigenvalue weighted by atomic mass is 16.5. The molecule has 4 heteroatoms. The Hall–Kier alpha value is -1.06. The summed E-state index contributed by atoms with van der Waals surface area (Å²) in [6.07, 6.45) is 3.03. The number of esters is 1. The maximum absolute atomic E-state index is 11.5. The van der Waals surface area contributed by atoms with E-state index in [1.165, 1.54) is 7.11 Å². The fourth-order valence-electron chi connectivity index (χ4n) is 1.38. The maximum Gasteiger partial charge on any atom is 0.328 e. The summed E-state index contributed by atoms with van der Waals surface area (Å²) in [7, 11) is 1.35. The Balaban J connectivity index is 2.47. The molecule has 0 bridgehead atoms. The van der Waals surface area contributed by atoms with Crippen molar-refractivity contribution in [2.45, 2.75) is 39.2 Å². The van der Waals surface area contributed by atoms with E-state index in [0.717, 1.165) is 12.8 Å². The van der Waals surface area contributed by atoms with Crippen LogP contribution in [0.15, 0.2) is 0 Å². The molecule has 4 nitrogen and oxygen atoms in total. The van der Waals surface area contributed by atoms with Crippen molar-refractivity contribution in [3.8, 4) is 0 Å². The highest BCUT2D eigenvalue weighted by Gasteiger charge is 2.31. The van der Waals surface area contributed by atoms with Gasteiger partial charge in [-0.2, -0.15) is 0 Å². The predicted octanol–water partition coefficient (Wildman–Crippen LogP) is 1.10. The minimum atomic E-state index is -0.461. The van der Waals surface area contributed by atoms with Gasteiger partial charge in [0.05, 0.1) is 7.11 Å². The highest BCUT2D eigenvalue weighted by molar-refractivity contribution is 5.85. The smallest absolute Gasteiger partial charge is 0.328 e. The van der Waals surface area contributed by atoms with Crippen LogP contribution >= 0.6 is 0 Å². The standard InChI is InChI=1S/C11H19NO3/c1-7(2)10(13)12-9(11(14)15-3)6-8-4-5-8/h7-9H,4-6H2,1-3H3,(H,12,13)/t9-/m0/s1. The number of carbonyl (C=O) groups is 2. The van der Waals surface area contributed by atoms with Gasteiger partial charge in [-0.25, -0.2) is 4.79 Å². The van der Waals surface area contributed by atoms with Crippen LogP contribution in [0, 0.1) is 11.8 Å². The number of methoxy groups -OCH3 is 1. The Morgan fingerprint density at radius 3 is 2.40 bits per heavy atom. The number of hydrogen-bond donors (Lipinski definition) is 1. The zero-order chi connectivity index (χ0) is 11.4. The molecular formula is C11H19NO3. The van der Waals surface area contributed by atoms with Crippen molar-refractivity contribution in [1.82, 2.24) is 5.32 Å². The maximum atomic E-state index is 11.5. The lowest BCUT2D eigenvalue weighted by Crippen LogP contribution is -2.43. The number of nitrogens with one attached hydrogen (secondary N) is 1. The van der Waals surface area contributed by atoms with Crippen molar-refractivity contribution in [2.75, 3.05) is 7.11 Å². The molecule has 1 rings (SSSR count). The van der Waals surface area contributed by atoms with Crippen LogP contribution in [0.2, 0.25) is 0 Å². The van der Waals surface area contributed by atoms with Crippen molar-refractivity contribution in [3.05, 3.63) is 0 Å². The average molecular weight is 213 g/mol. The van der Waals surface area contributed by atoms with Crippen LogP contribution in [0.4, 0.5) is 0 Å². The van der Waals surface area contributed by atoms with E-state index in [0.29, 0.717) is 12.3 Å². The first-order chi connectivity index (χ1) is 7.04. The van der Waals surface area contributed by atoms with Crippen LogP contribution in [0.5, 0.6) is 0 Å². The Bertz CT molecular complexity index is 246. The van der Waals surface area contributed by atoms with E-state index in [1.807, 2.05) is 0 Å². The van der Waals surface area contributed by atoms with Crippen molar-refractivity contribution in [2.24, 2.45) is 11.8 Å². The first kappa shape index (κ1) is 12.0. The Morgan fingerprint density at radius 2 is 2.00 bits per heavy atom. The molecule has 15 heavy (non-hydrogen) atoms. The topological polar surface area (TPSA) is 55.4 Å². The van der Waals surface area contributed by atoms with Gasteiger partial charge in [0, 0.05) is 5.92 Å². The van der Waals surface area contributed by atoms with Crippen molar-refractivity contribution < 1.29 is 14.3 Å². The van der Waals surface area contributed by atoms with E-state index >= 15 is 0 Å². The van der Waals surface area contributed by atoms with Crippen LogP contribution in [0.25, 0.3) is 0 Å². The first-order valence-corrected chi connectivity index (χ1v) is 5.42. The zero-order valence-corrected chi connectivity index (χ0v) is 9.58. The molecule has 0 unspecified atom stereocenters. The fraction of sp³-hybridized carbons (Fsp3) is 0.818. The van der Waals surface area contributed by atoms with Crippen LogP contribution in [0.3, 0.4) is 0 Å². The van der Waals surface area contributed by atoms with Crippen LogP contribution in [-0.2, 0) is 14.3 Å². The Morgan fingerprint density at radius 1 is 1.40 bits per heavy atom. The van der Waals surface area contributed by atoms with Crippen LogP contribution < -0.4 is 5.32 Å². The summed E-state index contributed by atoms with van der Waals surface area (Å²) in [6.45, 7) is 3.61. The lowest BCUT2D eigenvalue weighted by Gasteiger charge is -2.17. The number of rotatable bonds is 5. The number of amides is 1. The summed E-state index contributed by atoms with van der Waals surface area (Å²) in [5.41, 5.74) is 0. The second kappa shape index (κ2) is 5.14. The third-order valence-corrected chi connectivity index (χ3v) is 2.59. The van der Waals surface area contributed by atoms with Gasteiger partial charge in [0.2, 0.25) is 5.91 Å². The van der Waals surface area contributed by atoms with Crippen molar-refractivity contribution in [3.63, 3.8) is 0 Å². The molecule has 0 spiro atoms. The van der Waals surface area contributed by atoms with E-state index in [1.54, 1.807) is 13.8 Å². The molecule has 0 saturated heterocycles. The van der Waals surface area contributed by atoms with Gasteiger partial charge in [-0.15, -0.1) is 0 Å². The SMILES string of the molecule is COC(=O)[C@H](CC1CC1)NC(=O)C(C)C. The van der Waals surface area contributed by atoms with E-state index in [-0.39, 0.29) is 17.8 Å². The fourth-order valence-corrected chi connectivity index (χ4v) is 1.38. The molecule has 1 aliphatic rings. The van der Waals surface area contributed by atoms with Gasteiger partial charge in [-0.05, 0) is 12.3 Å². The molecule has 1 amide bonds. The Kier molecular flexibility index (Phi) is 4.12. The molecule has 0 radical (unpaired) electrons. The van der Waals surface area contributed by atoms with Crippen molar-refractivity contribution >= 4 is 11.9 Å². The van der Waals surface area contributed by atoms with E-state index < -0.39 is 6.04 Å². The number of carbonyl (C=O) groups excluding carboxylic acids is 2. The van der Waals surface area contributed by atoms with Gasteiger partial charge in [0.15, 0.2) is 0 Å². The van der Waals surface area contributed by atoms with Crippen LogP contribution in [0.1, 0.15) is 33.1 Å². The molecule has 1 atom stereocenters. The first-order valence-electron chi connectivity index (χ1n) is 5.42. The van der Waals surface area contributed by atoms with E-state index in [4.69, 9.17) is 0 Å². The summed E-state index contributed by atoms with van der Waals surface area (Å²) >= 11 is 0. The zero-order valence-electron chi connectivity index (χ0n) is 9.58. The van der Waals surface area contributed by atoms with Crippen LogP contribution in [-0.4, -0.2) is 25.0 Å². The third-order valence-electron chi connectivity index (χ3n) is 2.59. The number of hydrogen-bond acceptors (Lipinski definition) is 3. The van der Waals surface area contributed by atoms with Gasteiger partial charge in [0.1, 0.15) is 6.04 Å². The van der Waals surface area contributed by atoms with Gasteiger partial charge in [0.25, 0.3) is 0 Å². The monoisotopic (exact) mass is 213 g/mol. The van der Waals surface area contributed by atoms with Crippen molar-refractivity contribution in [1.29, 1.82) is 0 Å². The molecule has 0 aromatic carbocycles. The van der Waals surface area contributed by atoms with Gasteiger partial charge in [-0.3, -0.25) is 4.79 Å². The normalized spacial score (nSPS) is 17.3. The summed E-state index contributed by atoms with van der Waals surface area (Å²) < 4.78 is 4.67. The predicted molar refractivity (Wildman–Crippen MR) is 56.1 cm³/mol. The minimum Gasteiger partial charge on any atom is -0.467 e. The average Bonchev–Trinajstić information content (AvgIpc) is 2.99. The summed E-state index contributed by atoms with van der Waals surface area (Å²) in [5.74, 6) is 0.0554. The largest absolute Gasteiger partial charge is 0.467 e. The van der Waals surface area contributed by atoms with E-state index in [2.05, 4.69) is 10.1 Å². The third kappa shape index (κ3) is 3.90. The van der Waals surface area contributed by atoms with Gasteiger partial charge in [-0.1, -0.05) is 26.7 Å². The lowest BCUT2D eigenvalue weighted by atomic mass is 10.1. The minimum absolute atomic E-state index is 0.0916. The second-order valence-electron chi connectivity index (χ2n) is 4.42. The molecule has 1 saturated carbocycles. The summed E-state index contributed by atoms with van der Waals surface area (Å²) in [4.78, 5) is 22.9. The quantitative estimate of drug-likeness (QED) is 0.696. The number of ether oxygens (including phenoxy) is 1. The summed E-state index contributed by atoms with van der Waals surface area (Å²) in [6, 6.07) is -0.461. The molecule has 0 heterocycles. The molecule has 0 aromatic heterocycles. The molecule has 1 N–H and O–H groups in total. The molecule has 1 fully saturated rings. The van der Waals surface area contributed by atoms with Gasteiger partial charge >= 0.3 is 5.97 Å². The van der Waals surface area contributed by atoms with E-state index in [9.17, 15) is 9.59 Å². The highest BCUT2D eigenvalue weighted by Crippen LogP contribution is 2.33.